The van der Waals surface area contributed by atoms with Crippen molar-refractivity contribution in [2.45, 2.75) is 6.92 Å². The molecule has 4 rings (SSSR count). The third-order valence-electron chi connectivity index (χ3n) is 4.29. The normalized spacial score (nSPS) is 10.6. The van der Waals surface area contributed by atoms with Crippen LogP contribution in [0.4, 0.5) is 0 Å². The van der Waals surface area contributed by atoms with E-state index in [0.717, 1.165) is 17.0 Å². The zero-order chi connectivity index (χ0) is 17.1. The topological polar surface area (TPSA) is 25.8 Å². The van der Waals surface area contributed by atoms with Crippen LogP contribution < -0.4 is 0 Å². The number of hydrogen-bond acceptors (Lipinski definition) is 2. The van der Waals surface area contributed by atoms with Gasteiger partial charge in [0.1, 0.15) is 0 Å². The first kappa shape index (κ1) is 15.3. The summed E-state index contributed by atoms with van der Waals surface area (Å²) in [6, 6.07) is 31.3. The molecular formula is C23H18N2. The Morgan fingerprint density at radius 2 is 1.08 bits per heavy atom. The molecule has 3 aromatic carbocycles. The SMILES string of the molecule is Cc1ccc(-c2c(-c3ccccc3)cccc2-c2ccccc2)nn1. The summed E-state index contributed by atoms with van der Waals surface area (Å²) < 4.78 is 0. The minimum atomic E-state index is 0.893. The highest BCUT2D eigenvalue weighted by Gasteiger charge is 2.15. The molecule has 25 heavy (non-hydrogen) atoms. The maximum atomic E-state index is 4.47. The molecule has 0 fully saturated rings. The van der Waals surface area contributed by atoms with Crippen molar-refractivity contribution in [2.24, 2.45) is 0 Å². The number of aromatic nitrogens is 2. The highest BCUT2D eigenvalue weighted by atomic mass is 15.1. The van der Waals surface area contributed by atoms with Crippen molar-refractivity contribution in [3.63, 3.8) is 0 Å². The molecule has 0 amide bonds. The lowest BCUT2D eigenvalue weighted by molar-refractivity contribution is 0.987. The Morgan fingerprint density at radius 3 is 1.56 bits per heavy atom. The number of nitrogens with zero attached hydrogens (tertiary/aromatic N) is 2. The minimum absolute atomic E-state index is 0.893. The van der Waals surface area contributed by atoms with Gasteiger partial charge in [0.05, 0.1) is 11.4 Å². The Bertz CT molecular complexity index is 918. The lowest BCUT2D eigenvalue weighted by Crippen LogP contribution is -1.95. The van der Waals surface area contributed by atoms with Crippen LogP contribution >= 0.6 is 0 Å². The van der Waals surface area contributed by atoms with Gasteiger partial charge in [-0.1, -0.05) is 78.9 Å². The lowest BCUT2D eigenvalue weighted by atomic mass is 9.90. The van der Waals surface area contributed by atoms with Crippen molar-refractivity contribution in [1.29, 1.82) is 0 Å². The summed E-state index contributed by atoms with van der Waals surface area (Å²) in [5.41, 5.74) is 7.62. The third kappa shape index (κ3) is 3.07. The monoisotopic (exact) mass is 322 g/mol. The molecule has 1 heterocycles. The Hall–Kier alpha value is -3.26. The Balaban J connectivity index is 2.01. The van der Waals surface area contributed by atoms with Gasteiger partial charge in [0.25, 0.3) is 0 Å². The first-order chi connectivity index (χ1) is 12.3. The van der Waals surface area contributed by atoms with Crippen molar-refractivity contribution < 1.29 is 0 Å². The second kappa shape index (κ2) is 6.70. The highest BCUT2D eigenvalue weighted by Crippen LogP contribution is 2.38. The molecule has 0 spiro atoms. The molecule has 0 aliphatic rings. The summed E-state index contributed by atoms with van der Waals surface area (Å²) in [7, 11) is 0. The molecule has 4 aromatic rings. The molecule has 0 saturated carbocycles. The van der Waals surface area contributed by atoms with Gasteiger partial charge in [-0.3, -0.25) is 0 Å². The average Bonchev–Trinajstić information content (AvgIpc) is 2.69. The molecule has 0 unspecified atom stereocenters. The molecule has 0 aliphatic carbocycles. The van der Waals surface area contributed by atoms with Gasteiger partial charge in [0.2, 0.25) is 0 Å². The van der Waals surface area contributed by atoms with Gasteiger partial charge in [-0.2, -0.15) is 10.2 Å². The van der Waals surface area contributed by atoms with Crippen LogP contribution in [0.3, 0.4) is 0 Å². The fraction of sp³-hybridized carbons (Fsp3) is 0.0435. The summed E-state index contributed by atoms with van der Waals surface area (Å²) in [4.78, 5) is 0. The van der Waals surface area contributed by atoms with Gasteiger partial charge in [0, 0.05) is 5.56 Å². The molecule has 2 nitrogen and oxygen atoms in total. The predicted molar refractivity (Wildman–Crippen MR) is 103 cm³/mol. The van der Waals surface area contributed by atoms with Gasteiger partial charge in [-0.25, -0.2) is 0 Å². The van der Waals surface area contributed by atoms with Crippen molar-refractivity contribution in [2.75, 3.05) is 0 Å². The maximum absolute atomic E-state index is 4.47. The summed E-state index contributed by atoms with van der Waals surface area (Å²) >= 11 is 0. The molecule has 0 N–H and O–H groups in total. The van der Waals surface area contributed by atoms with E-state index >= 15 is 0 Å². The van der Waals surface area contributed by atoms with Crippen molar-refractivity contribution >= 4 is 0 Å². The van der Waals surface area contributed by atoms with Gasteiger partial charge in [-0.15, -0.1) is 0 Å². The van der Waals surface area contributed by atoms with E-state index in [2.05, 4.69) is 83.0 Å². The van der Waals surface area contributed by atoms with Crippen molar-refractivity contribution in [1.82, 2.24) is 10.2 Å². The van der Waals surface area contributed by atoms with E-state index < -0.39 is 0 Å². The van der Waals surface area contributed by atoms with Crippen LogP contribution in [0.25, 0.3) is 33.5 Å². The van der Waals surface area contributed by atoms with Crippen molar-refractivity contribution in [3.8, 4) is 33.5 Å². The molecular weight excluding hydrogens is 304 g/mol. The maximum Gasteiger partial charge on any atom is 0.0942 e. The fourth-order valence-electron chi connectivity index (χ4n) is 3.08. The van der Waals surface area contributed by atoms with Crippen LogP contribution in [0.15, 0.2) is 91.0 Å². The first-order valence-electron chi connectivity index (χ1n) is 8.37. The number of aryl methyl sites for hydroxylation is 1. The Labute approximate surface area is 147 Å². The first-order valence-corrected chi connectivity index (χ1v) is 8.37. The Kier molecular flexibility index (Phi) is 4.09. The van der Waals surface area contributed by atoms with E-state index in [1.54, 1.807) is 0 Å². The number of hydrogen-bond donors (Lipinski definition) is 0. The molecule has 0 atom stereocenters. The molecule has 2 heteroatoms. The fourth-order valence-corrected chi connectivity index (χ4v) is 3.08. The minimum Gasteiger partial charge on any atom is -0.155 e. The van der Waals surface area contributed by atoms with Gasteiger partial charge >= 0.3 is 0 Å². The van der Waals surface area contributed by atoms with Crippen LogP contribution in [0.5, 0.6) is 0 Å². The van der Waals surface area contributed by atoms with E-state index in [4.69, 9.17) is 0 Å². The van der Waals surface area contributed by atoms with E-state index in [1.807, 2.05) is 25.1 Å². The lowest BCUT2D eigenvalue weighted by Gasteiger charge is -2.15. The van der Waals surface area contributed by atoms with Crippen LogP contribution in [0.2, 0.25) is 0 Å². The molecule has 1 aromatic heterocycles. The summed E-state index contributed by atoms with van der Waals surface area (Å²) in [5, 5.41) is 8.75. The summed E-state index contributed by atoms with van der Waals surface area (Å²) in [6.45, 7) is 1.96. The van der Waals surface area contributed by atoms with Gasteiger partial charge in [0.15, 0.2) is 0 Å². The Morgan fingerprint density at radius 1 is 0.520 bits per heavy atom. The van der Waals surface area contributed by atoms with Crippen LogP contribution in [0, 0.1) is 6.92 Å². The van der Waals surface area contributed by atoms with Crippen LogP contribution in [0.1, 0.15) is 5.69 Å². The van der Waals surface area contributed by atoms with Crippen LogP contribution in [-0.4, -0.2) is 10.2 Å². The standard InChI is InChI=1S/C23H18N2/c1-17-15-16-22(25-24-17)23-20(18-9-4-2-5-10-18)13-8-14-21(23)19-11-6-3-7-12-19/h2-16H,1H3. The molecule has 0 aliphatic heterocycles. The third-order valence-corrected chi connectivity index (χ3v) is 4.29. The van der Waals surface area contributed by atoms with E-state index in [-0.39, 0.29) is 0 Å². The van der Waals surface area contributed by atoms with Gasteiger partial charge in [-0.05, 0) is 41.3 Å². The second-order valence-corrected chi connectivity index (χ2v) is 6.02. The second-order valence-electron chi connectivity index (χ2n) is 6.02. The smallest absolute Gasteiger partial charge is 0.0942 e. The van der Waals surface area contributed by atoms with E-state index in [1.165, 1.54) is 22.3 Å². The number of benzene rings is 3. The van der Waals surface area contributed by atoms with E-state index in [0.29, 0.717) is 0 Å². The summed E-state index contributed by atoms with van der Waals surface area (Å²) in [6.07, 6.45) is 0. The zero-order valence-corrected chi connectivity index (χ0v) is 14.1. The molecule has 120 valence electrons. The van der Waals surface area contributed by atoms with Crippen LogP contribution in [-0.2, 0) is 0 Å². The van der Waals surface area contributed by atoms with Crippen molar-refractivity contribution in [3.05, 3.63) is 96.7 Å². The number of rotatable bonds is 3. The highest BCUT2D eigenvalue weighted by molar-refractivity contribution is 5.93. The quantitative estimate of drug-likeness (QED) is 0.477. The predicted octanol–water partition coefficient (Wildman–Crippen LogP) is 5.79. The molecule has 0 bridgehead atoms. The summed E-state index contributed by atoms with van der Waals surface area (Å²) in [5.74, 6) is 0. The largest absolute Gasteiger partial charge is 0.155 e. The average molecular weight is 322 g/mol. The molecule has 0 saturated heterocycles. The van der Waals surface area contributed by atoms with E-state index in [9.17, 15) is 0 Å². The zero-order valence-electron chi connectivity index (χ0n) is 14.1. The molecule has 0 radical (unpaired) electrons. The van der Waals surface area contributed by atoms with Gasteiger partial charge < -0.3 is 0 Å².